The van der Waals surface area contributed by atoms with Crippen molar-refractivity contribution in [1.29, 1.82) is 0 Å². The molecule has 0 aliphatic carbocycles. The first kappa shape index (κ1) is 32.9. The van der Waals surface area contributed by atoms with Gasteiger partial charge in [-0.05, 0) is 0 Å². The summed E-state index contributed by atoms with van der Waals surface area (Å²) < 4.78 is 122. The van der Waals surface area contributed by atoms with E-state index in [9.17, 15) is 55.2 Å². The Balaban J connectivity index is 0.000000720. The number of aromatic nitrogens is 2. The minimum absolute atomic E-state index is 0.504. The summed E-state index contributed by atoms with van der Waals surface area (Å²) in [5, 5.41) is 7.67. The fraction of sp³-hybridized carbons (Fsp3) is 0.133. The summed E-state index contributed by atoms with van der Waals surface area (Å²) in [7, 11) is -17.5. The Hall–Kier alpha value is -3.07. The zero-order valence-corrected chi connectivity index (χ0v) is 19.7. The Morgan fingerprint density at radius 1 is 0.639 bits per heavy atom. The molecule has 0 atom stereocenters. The van der Waals surface area contributed by atoms with E-state index in [-0.39, 0.29) is 0 Å². The molecule has 0 aliphatic rings. The summed E-state index contributed by atoms with van der Waals surface area (Å²) >= 11 is 0. The van der Waals surface area contributed by atoms with Crippen LogP contribution in [0.5, 0.6) is 0 Å². The summed E-state index contributed by atoms with van der Waals surface area (Å²) in [5.74, 6) is 0. The number of pyridine rings is 2. The topological polar surface area (TPSA) is 73.6 Å². The van der Waals surface area contributed by atoms with Crippen molar-refractivity contribution in [2.45, 2.75) is 0 Å². The Morgan fingerprint density at radius 3 is 1.08 bits per heavy atom. The van der Waals surface area contributed by atoms with Crippen molar-refractivity contribution in [3.05, 3.63) is 60.2 Å². The average molecular weight is 588 g/mol. The van der Waals surface area contributed by atoms with Gasteiger partial charge in [-0.15, -0.1) is 0 Å². The minimum atomic E-state index is -10.7. The zero-order chi connectivity index (χ0) is 28.6. The molecule has 2 N–H and O–H groups in total. The average Bonchev–Trinajstić information content (AvgIpc) is 2.60. The van der Waals surface area contributed by atoms with Gasteiger partial charge in [-0.2, -0.15) is 10.2 Å². The second-order valence-corrected chi connectivity index (χ2v) is 10.4. The first-order valence-corrected chi connectivity index (χ1v) is 12.7. The second kappa shape index (κ2) is 9.76. The van der Waals surface area contributed by atoms with Crippen molar-refractivity contribution in [1.82, 2.24) is 10.9 Å². The number of halogens is 12. The second-order valence-electron chi connectivity index (χ2n) is 6.58. The van der Waals surface area contributed by atoms with Gasteiger partial charge < -0.3 is 0 Å². The molecule has 0 saturated carbocycles. The van der Waals surface area contributed by atoms with Gasteiger partial charge in [-0.3, -0.25) is 0 Å². The Labute approximate surface area is 194 Å². The molecule has 0 bridgehead atoms. The summed E-state index contributed by atoms with van der Waals surface area (Å²) in [5.41, 5.74) is 6.45. The molecule has 208 valence electrons. The molecular weight excluding hydrogens is 570 g/mol. The number of hydrogen-bond donors (Lipinski definition) is 2. The van der Waals surface area contributed by atoms with E-state index in [2.05, 4.69) is 21.1 Å². The van der Waals surface area contributed by atoms with E-state index < -0.39 is 21.6 Å². The van der Waals surface area contributed by atoms with E-state index in [1.54, 1.807) is 12.4 Å². The van der Waals surface area contributed by atoms with E-state index in [0.29, 0.717) is 0 Å². The number of nitrogens with one attached hydrogen (secondary N) is 2. The fourth-order valence-electron chi connectivity index (χ4n) is 1.55. The summed E-state index contributed by atoms with van der Waals surface area (Å²) in [6, 6.07) is 7.04. The van der Waals surface area contributed by atoms with Gasteiger partial charge in [-0.1, -0.05) is 0 Å². The third-order valence-corrected chi connectivity index (χ3v) is 2.77. The number of rotatable bonds is 4. The van der Waals surface area contributed by atoms with Crippen LogP contribution in [0.3, 0.4) is 0 Å². The number of amides is 2. The molecule has 21 heteroatoms. The third kappa shape index (κ3) is 33.1. The van der Waals surface area contributed by atoms with Gasteiger partial charge in [0, 0.05) is 35.4 Å². The fourth-order valence-corrected chi connectivity index (χ4v) is 1.55. The maximum atomic E-state index is 11.5. The number of carbonyl (C=O) groups excluding carboxylic acids is 1. The van der Waals surface area contributed by atoms with Gasteiger partial charge in [0.2, 0.25) is 0 Å². The van der Waals surface area contributed by atoms with E-state index in [0.717, 1.165) is 11.1 Å². The molecule has 0 radical (unpaired) electrons. The van der Waals surface area contributed by atoms with Crippen LogP contribution in [-0.4, -0.2) is 18.5 Å². The molecule has 0 aliphatic heterocycles. The normalized spacial score (nSPS) is 15.7. The van der Waals surface area contributed by atoms with Gasteiger partial charge in [0.15, 0.2) is 24.8 Å². The van der Waals surface area contributed by atoms with Gasteiger partial charge in [0.1, 0.15) is 14.1 Å². The predicted molar refractivity (Wildman–Crippen MR) is 109 cm³/mol. The van der Waals surface area contributed by atoms with Crippen molar-refractivity contribution in [2.75, 3.05) is 0 Å². The van der Waals surface area contributed by atoms with E-state index in [4.69, 9.17) is 0 Å². The van der Waals surface area contributed by atoms with Crippen LogP contribution in [0.15, 0.2) is 59.3 Å². The Morgan fingerprint density at radius 2 is 0.861 bits per heavy atom. The van der Waals surface area contributed by atoms with Crippen molar-refractivity contribution in [3.8, 4) is 0 Å². The van der Waals surface area contributed by atoms with Crippen LogP contribution in [0.25, 0.3) is 0 Å². The molecule has 2 heterocycles. The van der Waals surface area contributed by atoms with Gasteiger partial charge in [0.05, 0.1) is 12.4 Å². The van der Waals surface area contributed by atoms with Crippen LogP contribution in [0.4, 0.5) is 55.2 Å². The van der Waals surface area contributed by atoms with Crippen LogP contribution >= 0.6 is 15.6 Å². The molecule has 0 spiro atoms. The van der Waals surface area contributed by atoms with Crippen LogP contribution < -0.4 is 20.0 Å². The van der Waals surface area contributed by atoms with Gasteiger partial charge >= 0.3 is 72.0 Å². The van der Waals surface area contributed by atoms with Gasteiger partial charge in [-0.25, -0.2) is 24.8 Å². The zero-order valence-electron chi connectivity index (χ0n) is 17.9. The van der Waals surface area contributed by atoms with Crippen molar-refractivity contribution in [2.24, 2.45) is 24.3 Å². The van der Waals surface area contributed by atoms with Gasteiger partial charge in [0.25, 0.3) is 0 Å². The summed E-state index contributed by atoms with van der Waals surface area (Å²) in [6.07, 6.45) is 10.7. The van der Waals surface area contributed by atoms with Crippen LogP contribution in [0, 0.1) is 0 Å². The quantitative estimate of drug-likeness (QED) is 0.134. The molecule has 0 unspecified atom stereocenters. The molecule has 2 aromatic rings. The molecule has 36 heavy (non-hydrogen) atoms. The van der Waals surface area contributed by atoms with E-state index in [1.165, 1.54) is 0 Å². The number of carbonyl (C=O) groups is 1. The monoisotopic (exact) mass is 588 g/mol. The predicted octanol–water partition coefficient (Wildman–Crippen LogP) is 6.77. The van der Waals surface area contributed by atoms with Crippen LogP contribution in [0.2, 0.25) is 0 Å². The van der Waals surface area contributed by atoms with Crippen LogP contribution in [-0.2, 0) is 14.1 Å². The number of aryl methyl sites for hydroxylation is 2. The number of urea groups is 1. The number of nitrogens with zero attached hydrogens (tertiary/aromatic N) is 4. The molecule has 2 amide bonds. The maximum absolute atomic E-state index is 11.5. The number of hydrazone groups is 2. The van der Waals surface area contributed by atoms with Crippen molar-refractivity contribution < 1.29 is 64.3 Å². The Kier molecular flexibility index (Phi) is 8.93. The molecular formula is C15H18F12N6OP2. The molecule has 7 nitrogen and oxygen atoms in total. The molecule has 0 aromatic carbocycles. The van der Waals surface area contributed by atoms with E-state index in [1.807, 2.05) is 72.3 Å². The first-order chi connectivity index (χ1) is 15.5. The summed E-state index contributed by atoms with van der Waals surface area (Å²) in [4.78, 5) is 11.5. The van der Waals surface area contributed by atoms with Crippen LogP contribution in [0.1, 0.15) is 11.1 Å². The summed E-state index contributed by atoms with van der Waals surface area (Å²) in [6.45, 7) is 0. The SMILES string of the molecule is C[n+]1ccc(/C=N/NC(=O)N/N=C/c2cc[n+](C)cc2)cc1.F[P-](F)(F)(F)(F)F.F[P-](F)(F)(F)(F)F. The third-order valence-electron chi connectivity index (χ3n) is 2.77. The van der Waals surface area contributed by atoms with Crippen molar-refractivity contribution in [3.63, 3.8) is 0 Å². The molecule has 2 aromatic heterocycles. The van der Waals surface area contributed by atoms with E-state index >= 15 is 0 Å². The first-order valence-electron chi connectivity index (χ1n) is 8.69. The molecule has 0 saturated heterocycles. The molecule has 0 fully saturated rings. The Bertz CT molecular complexity index is 974. The molecule has 2 rings (SSSR count). The number of hydrogen-bond acceptors (Lipinski definition) is 3. The standard InChI is InChI=1S/C15H16N6O.2F6P/c1-20-7-3-13(4-8-20)11-16-18-15(22)19-17-12-14-5-9-21(2)10-6-14;2*1-7(2,3,4,5)6/h3-12H,1-2H3;;/q;2*-1/p+2. The van der Waals surface area contributed by atoms with Crippen molar-refractivity contribution >= 4 is 34.1 Å².